The van der Waals surface area contributed by atoms with E-state index in [1.165, 1.54) is 143 Å². The highest BCUT2D eigenvalue weighted by atomic mass is 16.5. The molecule has 0 spiro atoms. The maximum absolute atomic E-state index is 6.40. The van der Waals surface area contributed by atoms with Gasteiger partial charge in [-0.2, -0.15) is 0 Å². The molecular formula is C39H65BO2. The van der Waals surface area contributed by atoms with E-state index in [0.29, 0.717) is 0 Å². The number of hydrogen-bond acceptors (Lipinski definition) is 2. The fraction of sp³-hybridized carbons (Fsp3) is 0.692. The second-order valence-corrected chi connectivity index (χ2v) is 12.9. The van der Waals surface area contributed by atoms with Crippen molar-refractivity contribution in [2.45, 2.75) is 163 Å². The van der Waals surface area contributed by atoms with Crippen LogP contribution in [0.3, 0.4) is 0 Å². The Morgan fingerprint density at radius 1 is 0.500 bits per heavy atom. The molecule has 2 aromatic rings. The van der Waals surface area contributed by atoms with Crippen molar-refractivity contribution in [2.75, 3.05) is 13.2 Å². The van der Waals surface area contributed by atoms with E-state index >= 15 is 0 Å². The van der Waals surface area contributed by atoms with Gasteiger partial charge in [0, 0.05) is 0 Å². The predicted molar refractivity (Wildman–Crippen MR) is 188 cm³/mol. The maximum atomic E-state index is 6.40. The van der Waals surface area contributed by atoms with E-state index in [-0.39, 0.29) is 0 Å². The van der Waals surface area contributed by atoms with E-state index in [0.717, 1.165) is 44.8 Å². The van der Waals surface area contributed by atoms with Crippen molar-refractivity contribution in [1.82, 2.24) is 0 Å². The van der Waals surface area contributed by atoms with Gasteiger partial charge in [-0.05, 0) is 57.3 Å². The molecule has 3 heteroatoms. The number of ether oxygens (including phenoxy) is 2. The molecule has 2 rings (SSSR count). The Morgan fingerprint density at radius 2 is 0.929 bits per heavy atom. The van der Waals surface area contributed by atoms with Crippen LogP contribution in [0.25, 0.3) is 0 Å². The molecule has 2 aromatic carbocycles. The van der Waals surface area contributed by atoms with Crippen molar-refractivity contribution in [2.24, 2.45) is 0 Å². The molecule has 0 aliphatic carbocycles. The van der Waals surface area contributed by atoms with Crippen LogP contribution in [0.5, 0.6) is 11.5 Å². The van der Waals surface area contributed by atoms with Crippen molar-refractivity contribution in [3.05, 3.63) is 47.0 Å². The standard InChI is InChI=1S/C39H65BO2/c1-6-8-10-12-14-16-18-20-22-24-28-41-36-26-27-38(42-29-25-23-21-19-17-15-13-11-9-7-2)37(32-36)40-39-34(4)30-33(3)31-35(39)5/h26-27,30-32,40H,6-25,28-29H2,1-5H3. The Labute approximate surface area is 262 Å². The van der Waals surface area contributed by atoms with Crippen LogP contribution in [0.2, 0.25) is 0 Å². The van der Waals surface area contributed by atoms with Gasteiger partial charge in [-0.1, -0.05) is 164 Å². The van der Waals surface area contributed by atoms with Crippen LogP contribution in [-0.2, 0) is 0 Å². The highest BCUT2D eigenvalue weighted by Crippen LogP contribution is 2.18. The minimum Gasteiger partial charge on any atom is -0.494 e. The molecule has 0 aromatic heterocycles. The average Bonchev–Trinajstić information content (AvgIpc) is 2.97. The molecule has 0 saturated carbocycles. The molecule has 0 atom stereocenters. The van der Waals surface area contributed by atoms with Gasteiger partial charge in [-0.25, -0.2) is 0 Å². The monoisotopic (exact) mass is 577 g/mol. The molecule has 0 heterocycles. The largest absolute Gasteiger partial charge is 0.494 e. The fourth-order valence-electron chi connectivity index (χ4n) is 6.15. The quantitative estimate of drug-likeness (QED) is 0.0819. The Hall–Kier alpha value is -1.90. The van der Waals surface area contributed by atoms with Gasteiger partial charge in [0.25, 0.3) is 0 Å². The molecular weight excluding hydrogens is 511 g/mol. The smallest absolute Gasteiger partial charge is 0.197 e. The van der Waals surface area contributed by atoms with Gasteiger partial charge in [0.05, 0.1) is 13.2 Å². The number of aryl methyl sites for hydroxylation is 3. The normalized spacial score (nSPS) is 11.2. The number of hydrogen-bond donors (Lipinski definition) is 0. The Morgan fingerprint density at radius 3 is 1.40 bits per heavy atom. The molecule has 42 heavy (non-hydrogen) atoms. The van der Waals surface area contributed by atoms with Crippen LogP contribution in [-0.4, -0.2) is 20.5 Å². The van der Waals surface area contributed by atoms with Crippen molar-refractivity contribution in [3.63, 3.8) is 0 Å². The van der Waals surface area contributed by atoms with E-state index in [1.807, 2.05) is 0 Å². The predicted octanol–water partition coefficient (Wildman–Crippen LogP) is 10.6. The second kappa shape index (κ2) is 23.5. The summed E-state index contributed by atoms with van der Waals surface area (Å²) in [7, 11) is 0.890. The lowest BCUT2D eigenvalue weighted by Crippen LogP contribution is -2.32. The first kappa shape index (κ1) is 36.3. The van der Waals surface area contributed by atoms with E-state index < -0.39 is 0 Å². The molecule has 0 unspecified atom stereocenters. The van der Waals surface area contributed by atoms with Crippen molar-refractivity contribution in [1.29, 1.82) is 0 Å². The van der Waals surface area contributed by atoms with E-state index in [4.69, 9.17) is 9.47 Å². The summed E-state index contributed by atoms with van der Waals surface area (Å²) in [6.07, 6.45) is 26.9. The second-order valence-electron chi connectivity index (χ2n) is 12.9. The fourth-order valence-corrected chi connectivity index (χ4v) is 6.15. The van der Waals surface area contributed by atoms with Gasteiger partial charge in [0.2, 0.25) is 0 Å². The van der Waals surface area contributed by atoms with Crippen molar-refractivity contribution < 1.29 is 9.47 Å². The zero-order valence-electron chi connectivity index (χ0n) is 28.5. The Bertz CT molecular complexity index is 930. The SMILES string of the molecule is CCCCCCCCCCCCOc1ccc(OCCCCCCCCCCCC)c(Bc2c(C)cc(C)cc2C)c1. The molecule has 2 nitrogen and oxygen atoms in total. The lowest BCUT2D eigenvalue weighted by molar-refractivity contribution is 0.298. The Balaban J connectivity index is 1.81. The van der Waals surface area contributed by atoms with Gasteiger partial charge in [-0.15, -0.1) is 0 Å². The molecule has 0 radical (unpaired) electrons. The van der Waals surface area contributed by atoms with E-state index in [9.17, 15) is 0 Å². The first-order valence-corrected chi connectivity index (χ1v) is 18.0. The number of benzene rings is 2. The topological polar surface area (TPSA) is 18.5 Å². The zero-order chi connectivity index (χ0) is 30.3. The first-order valence-electron chi connectivity index (χ1n) is 18.0. The lowest BCUT2D eigenvalue weighted by Gasteiger charge is -2.16. The minimum atomic E-state index is 0.800. The molecule has 0 amide bonds. The summed E-state index contributed by atoms with van der Waals surface area (Å²) in [5.41, 5.74) is 6.73. The highest BCUT2D eigenvalue weighted by molar-refractivity contribution is 6.69. The molecule has 0 aliphatic heterocycles. The highest BCUT2D eigenvalue weighted by Gasteiger charge is 2.13. The van der Waals surface area contributed by atoms with Gasteiger partial charge in [-0.3, -0.25) is 0 Å². The lowest BCUT2D eigenvalue weighted by atomic mass is 9.60. The van der Waals surface area contributed by atoms with Crippen molar-refractivity contribution in [3.8, 4) is 11.5 Å². The summed E-state index contributed by atoms with van der Waals surface area (Å²) >= 11 is 0. The van der Waals surface area contributed by atoms with Gasteiger partial charge in [0.15, 0.2) is 7.28 Å². The van der Waals surface area contributed by atoms with E-state index in [2.05, 4.69) is 65.0 Å². The number of rotatable bonds is 26. The maximum Gasteiger partial charge on any atom is 0.197 e. The average molecular weight is 577 g/mol. The summed E-state index contributed by atoms with van der Waals surface area (Å²) in [5.74, 6) is 2.01. The summed E-state index contributed by atoms with van der Waals surface area (Å²) in [6, 6.07) is 11.1. The molecule has 0 N–H and O–H groups in total. The third kappa shape index (κ3) is 16.1. The van der Waals surface area contributed by atoms with Gasteiger partial charge < -0.3 is 9.47 Å². The molecule has 0 fully saturated rings. The zero-order valence-corrected chi connectivity index (χ0v) is 28.5. The van der Waals surface area contributed by atoms with Gasteiger partial charge >= 0.3 is 0 Å². The van der Waals surface area contributed by atoms with Crippen LogP contribution in [0, 0.1) is 20.8 Å². The molecule has 236 valence electrons. The van der Waals surface area contributed by atoms with Crippen LogP contribution in [0.15, 0.2) is 30.3 Å². The minimum absolute atomic E-state index is 0.800. The number of unbranched alkanes of at least 4 members (excludes halogenated alkanes) is 18. The Kier molecular flexibility index (Phi) is 20.4. The summed E-state index contributed by atoms with van der Waals surface area (Å²) in [5, 5.41) is 0. The molecule has 0 aliphatic rings. The van der Waals surface area contributed by atoms with Crippen molar-refractivity contribution >= 4 is 18.2 Å². The first-order chi connectivity index (χ1) is 20.5. The third-order valence-electron chi connectivity index (χ3n) is 8.76. The summed E-state index contributed by atoms with van der Waals surface area (Å²) < 4.78 is 12.6. The van der Waals surface area contributed by atoms with Crippen LogP contribution < -0.4 is 20.4 Å². The summed E-state index contributed by atoms with van der Waals surface area (Å²) in [6.45, 7) is 12.9. The van der Waals surface area contributed by atoms with E-state index in [1.54, 1.807) is 0 Å². The molecule has 0 saturated heterocycles. The molecule has 0 bridgehead atoms. The van der Waals surface area contributed by atoms with Gasteiger partial charge in [0.1, 0.15) is 11.5 Å². The van der Waals surface area contributed by atoms with Crippen LogP contribution in [0.1, 0.15) is 159 Å². The van der Waals surface area contributed by atoms with Crippen LogP contribution in [0.4, 0.5) is 0 Å². The third-order valence-corrected chi connectivity index (χ3v) is 8.76. The van der Waals surface area contributed by atoms with Crippen LogP contribution >= 0.6 is 0 Å². The summed E-state index contributed by atoms with van der Waals surface area (Å²) in [4.78, 5) is 0.